The smallest absolute Gasteiger partial charge is 0.351 e. The summed E-state index contributed by atoms with van der Waals surface area (Å²) < 4.78 is 34.7. The van der Waals surface area contributed by atoms with Gasteiger partial charge in [-0.2, -0.15) is 8.42 Å². The molecule has 0 saturated heterocycles. The summed E-state index contributed by atoms with van der Waals surface area (Å²) in [5, 5.41) is 21.2. The average molecular weight is 606 g/mol. The van der Waals surface area contributed by atoms with Crippen molar-refractivity contribution in [3.8, 4) is 9.88 Å². The van der Waals surface area contributed by atoms with Gasteiger partial charge in [0.15, 0.2) is 0 Å². The molecule has 3 aromatic carbocycles. The molecule has 6 aromatic rings. The van der Waals surface area contributed by atoms with E-state index in [9.17, 15) is 13.0 Å². The van der Waals surface area contributed by atoms with E-state index in [2.05, 4.69) is 50.6 Å². The fraction of sp³-hybridized carbons (Fsp3) is 0.107. The van der Waals surface area contributed by atoms with E-state index < -0.39 is 10.3 Å². The molecule has 0 aliphatic heterocycles. The van der Waals surface area contributed by atoms with Crippen LogP contribution in [0, 0.1) is 0 Å². The molecule has 0 aliphatic carbocycles. The second-order valence-corrected chi connectivity index (χ2v) is 13.0. The maximum absolute atomic E-state index is 11.6. The summed E-state index contributed by atoms with van der Waals surface area (Å²) in [6.07, 6.45) is 1.05. The van der Waals surface area contributed by atoms with E-state index in [1.54, 1.807) is 34.8 Å². The quantitative estimate of drug-likeness (QED) is 0.143. The fourth-order valence-corrected chi connectivity index (χ4v) is 7.47. The Labute approximate surface area is 243 Å². The normalized spacial score (nSPS) is 12.4. The van der Waals surface area contributed by atoms with Crippen LogP contribution in [-0.4, -0.2) is 28.2 Å². The third-order valence-corrected chi connectivity index (χ3v) is 9.51. The lowest BCUT2D eigenvalue weighted by Crippen LogP contribution is -2.17. The topological polar surface area (TPSA) is 117 Å². The van der Waals surface area contributed by atoms with Gasteiger partial charge in [0.2, 0.25) is 5.13 Å². The Hall–Kier alpha value is -3.68. The van der Waals surface area contributed by atoms with Crippen molar-refractivity contribution >= 4 is 65.9 Å². The summed E-state index contributed by atoms with van der Waals surface area (Å²) in [4.78, 5) is 5.97. The Morgan fingerprint density at radius 1 is 0.875 bits per heavy atom. The summed E-state index contributed by atoms with van der Waals surface area (Å²) in [7, 11) is -4.43. The highest BCUT2D eigenvalue weighted by atomic mass is 32.2. The largest absolute Gasteiger partial charge is 0.357 e. The molecule has 0 saturated carbocycles. The van der Waals surface area contributed by atoms with Crippen molar-refractivity contribution in [2.24, 2.45) is 0 Å². The second-order valence-electron chi connectivity index (χ2n) is 9.01. The minimum Gasteiger partial charge on any atom is -0.351 e. The van der Waals surface area contributed by atoms with Crippen molar-refractivity contribution in [1.82, 2.24) is 15.2 Å². The summed E-state index contributed by atoms with van der Waals surface area (Å²) in [6, 6.07) is 25.2. The molecule has 8 nitrogen and oxygen atoms in total. The summed E-state index contributed by atoms with van der Waals surface area (Å²) in [6.45, 7) is 0. The van der Waals surface area contributed by atoms with Gasteiger partial charge >= 0.3 is 10.3 Å². The number of aromatic nitrogens is 3. The average Bonchev–Trinajstić information content (AvgIpc) is 3.71. The van der Waals surface area contributed by atoms with Gasteiger partial charge in [0.1, 0.15) is 10.0 Å². The van der Waals surface area contributed by atoms with Crippen LogP contribution in [0.15, 0.2) is 89.6 Å². The van der Waals surface area contributed by atoms with Crippen LogP contribution in [0.4, 0.5) is 10.8 Å². The fourth-order valence-electron chi connectivity index (χ4n) is 4.49. The maximum Gasteiger partial charge on any atom is 0.357 e. The first-order valence-electron chi connectivity index (χ1n) is 12.3. The van der Waals surface area contributed by atoms with Gasteiger partial charge in [0.05, 0.1) is 22.3 Å². The van der Waals surface area contributed by atoms with E-state index in [4.69, 9.17) is 4.98 Å². The lowest BCUT2D eigenvalue weighted by atomic mass is 10.0. The highest BCUT2D eigenvalue weighted by molar-refractivity contribution is 7.87. The molecule has 12 heteroatoms. The number of thiophene rings is 1. The number of hydrogen-bond donors (Lipinski definition) is 3. The van der Waals surface area contributed by atoms with Crippen LogP contribution in [0.3, 0.4) is 0 Å². The van der Waals surface area contributed by atoms with Gasteiger partial charge in [0, 0.05) is 18.2 Å². The molecule has 3 heterocycles. The number of nitrogens with one attached hydrogen (secondary N) is 2. The molecular formula is C28H23N5O3S4. The van der Waals surface area contributed by atoms with Gasteiger partial charge in [-0.25, -0.2) is 4.98 Å². The Bertz CT molecular complexity index is 1860. The highest BCUT2D eigenvalue weighted by Crippen LogP contribution is 2.34. The number of nitrogens with zero attached hydrogens (tertiary/aromatic N) is 3. The Kier molecular flexibility index (Phi) is 7.59. The van der Waals surface area contributed by atoms with Crippen LogP contribution in [0.2, 0.25) is 0 Å². The first-order chi connectivity index (χ1) is 19.4. The second kappa shape index (κ2) is 11.4. The molecule has 3 aromatic heterocycles. The first kappa shape index (κ1) is 26.5. The molecular weight excluding hydrogens is 583 g/mol. The van der Waals surface area contributed by atoms with E-state index in [0.29, 0.717) is 29.2 Å². The van der Waals surface area contributed by atoms with Crippen LogP contribution in [0.25, 0.3) is 20.7 Å². The Morgan fingerprint density at radius 3 is 2.52 bits per heavy atom. The van der Waals surface area contributed by atoms with Gasteiger partial charge < -0.3 is 5.32 Å². The van der Waals surface area contributed by atoms with E-state index in [0.717, 1.165) is 20.6 Å². The van der Waals surface area contributed by atoms with Gasteiger partial charge in [0.25, 0.3) is 0 Å². The third kappa shape index (κ3) is 6.21. The lowest BCUT2D eigenvalue weighted by molar-refractivity contribution is 0.489. The Balaban J connectivity index is 1.29. The monoisotopic (exact) mass is 605 g/mol. The number of rotatable bonds is 10. The van der Waals surface area contributed by atoms with Crippen LogP contribution in [0.1, 0.15) is 27.9 Å². The SMILES string of the molecule is O=S(=O)(O)Nc1ccccc1C[C@H](Nc1nnc(Cc2cccc3ccccc23)s1)c1csc(-c2cccs2)n1. The third-order valence-electron chi connectivity index (χ3n) is 6.28. The van der Waals surface area contributed by atoms with Crippen LogP contribution in [-0.2, 0) is 23.1 Å². The molecule has 6 rings (SSSR count). The van der Waals surface area contributed by atoms with E-state index in [-0.39, 0.29) is 6.04 Å². The van der Waals surface area contributed by atoms with E-state index in [1.807, 2.05) is 47.2 Å². The minimum absolute atomic E-state index is 0.305. The van der Waals surface area contributed by atoms with Crippen molar-refractivity contribution in [2.45, 2.75) is 18.9 Å². The summed E-state index contributed by atoms with van der Waals surface area (Å²) in [5.74, 6) is 0. The molecule has 0 bridgehead atoms. The number of benzene rings is 3. The number of thiazole rings is 1. The number of fused-ring (bicyclic) bond motifs is 1. The van der Waals surface area contributed by atoms with Gasteiger partial charge in [-0.15, -0.1) is 32.9 Å². The zero-order chi connectivity index (χ0) is 27.5. The van der Waals surface area contributed by atoms with E-state index >= 15 is 0 Å². The molecule has 3 N–H and O–H groups in total. The zero-order valence-corrected chi connectivity index (χ0v) is 24.2. The number of anilines is 2. The van der Waals surface area contributed by atoms with E-state index in [1.165, 1.54) is 27.7 Å². The maximum atomic E-state index is 11.6. The van der Waals surface area contributed by atoms with Crippen molar-refractivity contribution < 1.29 is 13.0 Å². The predicted molar refractivity (Wildman–Crippen MR) is 164 cm³/mol. The number of hydrogen-bond acceptors (Lipinski definition) is 9. The van der Waals surface area contributed by atoms with Crippen LogP contribution < -0.4 is 10.0 Å². The van der Waals surface area contributed by atoms with Gasteiger partial charge in [-0.1, -0.05) is 78.1 Å². The number of para-hydroxylation sites is 1. The molecule has 0 aliphatic rings. The molecule has 0 spiro atoms. The van der Waals surface area contributed by atoms with Crippen molar-refractivity contribution in [3.63, 3.8) is 0 Å². The van der Waals surface area contributed by atoms with Crippen LogP contribution in [0.5, 0.6) is 0 Å². The minimum atomic E-state index is -4.43. The highest BCUT2D eigenvalue weighted by Gasteiger charge is 2.21. The van der Waals surface area contributed by atoms with Crippen molar-refractivity contribution in [3.05, 3.63) is 111 Å². The molecule has 1 atom stereocenters. The van der Waals surface area contributed by atoms with Gasteiger partial charge in [-0.3, -0.25) is 9.27 Å². The first-order valence-corrected chi connectivity index (χ1v) is 16.3. The van der Waals surface area contributed by atoms with Crippen molar-refractivity contribution in [1.29, 1.82) is 0 Å². The predicted octanol–water partition coefficient (Wildman–Crippen LogP) is 7.08. The van der Waals surface area contributed by atoms with Crippen molar-refractivity contribution in [2.75, 3.05) is 10.0 Å². The Morgan fingerprint density at radius 2 is 1.68 bits per heavy atom. The summed E-state index contributed by atoms with van der Waals surface area (Å²) >= 11 is 4.66. The molecule has 202 valence electrons. The molecule has 0 radical (unpaired) electrons. The molecule has 0 unspecified atom stereocenters. The molecule has 0 amide bonds. The lowest BCUT2D eigenvalue weighted by Gasteiger charge is -2.18. The molecule has 0 fully saturated rings. The zero-order valence-electron chi connectivity index (χ0n) is 20.9. The molecule has 40 heavy (non-hydrogen) atoms. The summed E-state index contributed by atoms with van der Waals surface area (Å²) in [5.41, 5.74) is 2.99. The van der Waals surface area contributed by atoms with Gasteiger partial charge in [-0.05, 0) is 39.4 Å². The van der Waals surface area contributed by atoms with Crippen LogP contribution >= 0.6 is 34.0 Å². The standard InChI is InChI=1S/C28H23N5O3S4/c34-40(35,36)33-22-12-4-2-8-20(22)15-23(24-17-38-27(29-24)25-13-6-14-37-25)30-28-32-31-26(39-28)16-19-10-5-9-18-7-1-3-11-21(18)19/h1-14,17,23,33H,15-16H2,(H,30,32)(H,34,35,36)/t23-/m0/s1.